The zero-order valence-corrected chi connectivity index (χ0v) is 8.01. The van der Waals surface area contributed by atoms with Gasteiger partial charge in [-0.3, -0.25) is 9.36 Å². The molecule has 0 bridgehead atoms. The van der Waals surface area contributed by atoms with Crippen LogP contribution >= 0.6 is 0 Å². The second-order valence-electron chi connectivity index (χ2n) is 3.52. The summed E-state index contributed by atoms with van der Waals surface area (Å²) in [5, 5.41) is 0. The largest absolute Gasteiger partial charge is 0.358 e. The number of rotatable bonds is 1. The zero-order valence-electron chi connectivity index (χ0n) is 8.01. The molecule has 3 rings (SSSR count). The number of hydrogen-bond acceptors (Lipinski definition) is 4. The second-order valence-corrected chi connectivity index (χ2v) is 3.52. The third-order valence-electron chi connectivity index (χ3n) is 2.58. The van der Waals surface area contributed by atoms with E-state index in [1.165, 1.54) is 6.33 Å². The van der Waals surface area contributed by atoms with Crippen LogP contribution in [0.1, 0.15) is 19.1 Å². The minimum Gasteiger partial charge on any atom is -0.358 e. The highest BCUT2D eigenvalue weighted by Gasteiger charge is 2.20. The Hall–Kier alpha value is -1.69. The lowest BCUT2D eigenvalue weighted by Gasteiger charge is -2.10. The molecule has 1 aliphatic heterocycles. The molecular weight excluding hydrogens is 196 g/mol. The van der Waals surface area contributed by atoms with Crippen molar-refractivity contribution >= 4 is 11.2 Å². The normalized spacial score (nSPS) is 21.2. The molecule has 0 saturated carbocycles. The van der Waals surface area contributed by atoms with Crippen LogP contribution in [0, 0.1) is 0 Å². The molecule has 2 aromatic heterocycles. The molecule has 6 heteroatoms. The van der Waals surface area contributed by atoms with Crippen molar-refractivity contribution in [3.8, 4) is 0 Å². The summed E-state index contributed by atoms with van der Waals surface area (Å²) in [5.74, 6) is 0. The van der Waals surface area contributed by atoms with Crippen molar-refractivity contribution in [2.75, 3.05) is 6.61 Å². The molecule has 0 amide bonds. The van der Waals surface area contributed by atoms with Crippen LogP contribution in [-0.4, -0.2) is 26.1 Å². The van der Waals surface area contributed by atoms with Crippen LogP contribution in [0.25, 0.3) is 11.2 Å². The molecule has 0 aliphatic carbocycles. The van der Waals surface area contributed by atoms with Gasteiger partial charge in [-0.05, 0) is 12.8 Å². The lowest BCUT2D eigenvalue weighted by atomic mass is 10.3. The van der Waals surface area contributed by atoms with Crippen molar-refractivity contribution in [2.24, 2.45) is 0 Å². The molecule has 1 N–H and O–H groups in total. The summed E-state index contributed by atoms with van der Waals surface area (Å²) in [5.41, 5.74) is 0.746. The van der Waals surface area contributed by atoms with E-state index in [-0.39, 0.29) is 11.8 Å². The number of aromatic nitrogens is 4. The molecule has 1 fully saturated rings. The number of fused-ring (bicyclic) bond motifs is 1. The number of imidazole rings is 1. The number of nitrogens with zero attached hydrogens (tertiary/aromatic N) is 3. The van der Waals surface area contributed by atoms with E-state index in [4.69, 9.17) is 4.74 Å². The predicted molar refractivity (Wildman–Crippen MR) is 52.4 cm³/mol. The summed E-state index contributed by atoms with van der Waals surface area (Å²) >= 11 is 0. The summed E-state index contributed by atoms with van der Waals surface area (Å²) in [4.78, 5) is 22.0. The van der Waals surface area contributed by atoms with Gasteiger partial charge in [0.1, 0.15) is 6.23 Å². The molecule has 0 spiro atoms. The van der Waals surface area contributed by atoms with Gasteiger partial charge in [0, 0.05) is 6.61 Å². The van der Waals surface area contributed by atoms with Crippen LogP contribution in [0.3, 0.4) is 0 Å². The van der Waals surface area contributed by atoms with Gasteiger partial charge in [0.05, 0.1) is 12.7 Å². The van der Waals surface area contributed by atoms with Crippen molar-refractivity contribution in [2.45, 2.75) is 19.1 Å². The van der Waals surface area contributed by atoms with Gasteiger partial charge in [0.25, 0.3) is 5.56 Å². The first-order chi connectivity index (χ1) is 7.36. The monoisotopic (exact) mass is 206 g/mol. The quantitative estimate of drug-likeness (QED) is 0.734. The SMILES string of the molecule is O=c1[nH]cnc2c1ncn2[C@@H]1CCCO1. The van der Waals surface area contributed by atoms with E-state index in [1.54, 1.807) is 6.33 Å². The molecule has 0 aromatic carbocycles. The minimum absolute atomic E-state index is 0.0238. The van der Waals surface area contributed by atoms with Crippen molar-refractivity contribution in [3.05, 3.63) is 23.0 Å². The van der Waals surface area contributed by atoms with Gasteiger partial charge in [-0.15, -0.1) is 0 Å². The highest BCUT2D eigenvalue weighted by molar-refractivity contribution is 5.68. The molecule has 0 unspecified atom stereocenters. The number of ether oxygens (including phenoxy) is 1. The Kier molecular flexibility index (Phi) is 1.81. The van der Waals surface area contributed by atoms with Crippen LogP contribution in [0.4, 0.5) is 0 Å². The fourth-order valence-corrected chi connectivity index (χ4v) is 1.85. The van der Waals surface area contributed by atoms with Crippen molar-refractivity contribution in [1.29, 1.82) is 0 Å². The average molecular weight is 206 g/mol. The first-order valence-electron chi connectivity index (χ1n) is 4.88. The minimum atomic E-state index is -0.211. The Bertz CT molecular complexity index is 538. The lowest BCUT2D eigenvalue weighted by molar-refractivity contribution is 0.0593. The van der Waals surface area contributed by atoms with Gasteiger partial charge in [0.2, 0.25) is 0 Å². The van der Waals surface area contributed by atoms with Gasteiger partial charge in [-0.25, -0.2) is 9.97 Å². The number of hydrogen-bond donors (Lipinski definition) is 1. The van der Waals surface area contributed by atoms with Gasteiger partial charge >= 0.3 is 0 Å². The van der Waals surface area contributed by atoms with Gasteiger partial charge in [0.15, 0.2) is 11.2 Å². The maximum atomic E-state index is 11.4. The maximum Gasteiger partial charge on any atom is 0.278 e. The Morgan fingerprint density at radius 3 is 3.27 bits per heavy atom. The van der Waals surface area contributed by atoms with Crippen LogP contribution in [-0.2, 0) is 4.74 Å². The van der Waals surface area contributed by atoms with E-state index >= 15 is 0 Å². The molecule has 1 aliphatic rings. The maximum absolute atomic E-state index is 11.4. The van der Waals surface area contributed by atoms with Crippen molar-refractivity contribution in [3.63, 3.8) is 0 Å². The summed E-state index contributed by atoms with van der Waals surface area (Å²) in [7, 11) is 0. The molecule has 15 heavy (non-hydrogen) atoms. The smallest absolute Gasteiger partial charge is 0.278 e. The van der Waals surface area contributed by atoms with E-state index in [0.29, 0.717) is 11.2 Å². The summed E-state index contributed by atoms with van der Waals surface area (Å²) in [6.45, 7) is 0.757. The zero-order chi connectivity index (χ0) is 10.3. The summed E-state index contributed by atoms with van der Waals surface area (Å²) < 4.78 is 7.33. The van der Waals surface area contributed by atoms with Crippen molar-refractivity contribution < 1.29 is 4.74 Å². The Morgan fingerprint density at radius 2 is 2.47 bits per heavy atom. The molecule has 3 heterocycles. The van der Waals surface area contributed by atoms with Gasteiger partial charge in [-0.2, -0.15) is 0 Å². The third-order valence-corrected chi connectivity index (χ3v) is 2.58. The Balaban J connectivity index is 2.19. The first kappa shape index (κ1) is 8.60. The first-order valence-corrected chi connectivity index (χ1v) is 4.88. The molecule has 6 nitrogen and oxygen atoms in total. The Morgan fingerprint density at radius 1 is 1.53 bits per heavy atom. The van der Waals surface area contributed by atoms with Crippen LogP contribution < -0.4 is 5.56 Å². The van der Waals surface area contributed by atoms with Crippen LogP contribution in [0.5, 0.6) is 0 Å². The number of aromatic amines is 1. The molecular formula is C9H10N4O2. The topological polar surface area (TPSA) is 72.8 Å². The molecule has 1 atom stereocenters. The van der Waals surface area contributed by atoms with Crippen molar-refractivity contribution in [1.82, 2.24) is 19.5 Å². The third kappa shape index (κ3) is 1.25. The highest BCUT2D eigenvalue weighted by Crippen LogP contribution is 2.24. The van der Waals surface area contributed by atoms with Crippen LogP contribution in [0.15, 0.2) is 17.4 Å². The van der Waals surface area contributed by atoms with E-state index in [9.17, 15) is 4.79 Å². The standard InChI is InChI=1S/C9H10N4O2/c14-9-7-8(10-4-11-9)13(5-12-7)6-2-1-3-15-6/h4-6H,1-3H2,(H,10,11,14)/t6-/m0/s1. The van der Waals surface area contributed by atoms with E-state index in [2.05, 4.69) is 15.0 Å². The molecule has 78 valence electrons. The van der Waals surface area contributed by atoms with Crippen LogP contribution in [0.2, 0.25) is 0 Å². The molecule has 0 radical (unpaired) electrons. The van der Waals surface area contributed by atoms with Gasteiger partial charge in [-0.1, -0.05) is 0 Å². The summed E-state index contributed by atoms with van der Waals surface area (Å²) in [6.07, 6.45) is 4.96. The second kappa shape index (κ2) is 3.16. The number of H-pyrrole nitrogens is 1. The van der Waals surface area contributed by atoms with Gasteiger partial charge < -0.3 is 9.72 Å². The molecule has 1 saturated heterocycles. The van der Waals surface area contributed by atoms with E-state index in [0.717, 1.165) is 19.4 Å². The van der Waals surface area contributed by atoms with E-state index < -0.39 is 0 Å². The lowest BCUT2D eigenvalue weighted by Crippen LogP contribution is -2.10. The van der Waals surface area contributed by atoms with E-state index in [1.807, 2.05) is 4.57 Å². The fourth-order valence-electron chi connectivity index (χ4n) is 1.85. The summed E-state index contributed by atoms with van der Waals surface area (Å²) in [6, 6.07) is 0. The average Bonchev–Trinajstić information content (AvgIpc) is 2.85. The number of nitrogens with one attached hydrogen (secondary N) is 1. The highest BCUT2D eigenvalue weighted by atomic mass is 16.5. The molecule has 2 aromatic rings. The fraction of sp³-hybridized carbons (Fsp3) is 0.444. The Labute approximate surface area is 84.9 Å². The predicted octanol–water partition coefficient (Wildman–Crippen LogP) is 0.429.